The number of aryl methyl sites for hydroxylation is 2. The highest BCUT2D eigenvalue weighted by Gasteiger charge is 2.26. The van der Waals surface area contributed by atoms with E-state index in [2.05, 4.69) is 15.9 Å². The Balaban J connectivity index is 2.37. The molecule has 0 saturated heterocycles. The molecule has 2 aromatic rings. The van der Waals surface area contributed by atoms with Crippen LogP contribution in [-0.2, 0) is 12.0 Å². The van der Waals surface area contributed by atoms with E-state index in [0.29, 0.717) is 10.0 Å². The molecule has 0 aromatic heterocycles. The molecule has 0 amide bonds. The van der Waals surface area contributed by atoms with E-state index >= 15 is 0 Å². The van der Waals surface area contributed by atoms with E-state index in [1.165, 1.54) is 6.07 Å². The zero-order valence-corrected chi connectivity index (χ0v) is 13.5. The molecule has 0 heterocycles. The third-order valence-electron chi connectivity index (χ3n) is 3.52. The molecule has 0 bridgehead atoms. The topological polar surface area (TPSA) is 20.2 Å². The summed E-state index contributed by atoms with van der Waals surface area (Å²) < 4.78 is 14.6. The fourth-order valence-electron chi connectivity index (χ4n) is 2.45. The van der Waals surface area contributed by atoms with Gasteiger partial charge in [-0.05, 0) is 49.6 Å². The van der Waals surface area contributed by atoms with Crippen molar-refractivity contribution in [2.45, 2.75) is 32.8 Å². The van der Waals surface area contributed by atoms with Crippen LogP contribution in [0.4, 0.5) is 4.39 Å². The summed E-state index contributed by atoms with van der Waals surface area (Å²) in [5.41, 5.74) is 2.37. The van der Waals surface area contributed by atoms with Crippen molar-refractivity contribution in [3.05, 3.63) is 68.9 Å². The van der Waals surface area contributed by atoms with Gasteiger partial charge < -0.3 is 5.11 Å². The van der Waals surface area contributed by atoms with Gasteiger partial charge in [0.25, 0.3) is 0 Å². The Kier molecular flexibility index (Phi) is 4.31. The van der Waals surface area contributed by atoms with Gasteiger partial charge in [-0.1, -0.05) is 45.8 Å². The van der Waals surface area contributed by atoms with Crippen LogP contribution >= 0.6 is 15.9 Å². The Morgan fingerprint density at radius 3 is 2.50 bits per heavy atom. The normalized spacial score (nSPS) is 14.1. The molecule has 0 aliphatic carbocycles. The van der Waals surface area contributed by atoms with Crippen LogP contribution in [0.25, 0.3) is 0 Å². The molecular weight excluding hydrogens is 319 g/mol. The molecule has 1 unspecified atom stereocenters. The molecule has 2 rings (SSSR count). The van der Waals surface area contributed by atoms with Crippen LogP contribution in [-0.4, -0.2) is 5.11 Å². The molecule has 106 valence electrons. The molecule has 0 fully saturated rings. The Morgan fingerprint density at radius 1 is 1.15 bits per heavy atom. The minimum Gasteiger partial charge on any atom is -0.385 e. The average Bonchev–Trinajstić information content (AvgIpc) is 2.35. The van der Waals surface area contributed by atoms with Gasteiger partial charge >= 0.3 is 0 Å². The van der Waals surface area contributed by atoms with Crippen molar-refractivity contribution in [3.63, 3.8) is 0 Å². The molecule has 1 atom stereocenters. The second-order valence-electron chi connectivity index (χ2n) is 5.50. The molecule has 0 aliphatic rings. The molecule has 0 spiro atoms. The predicted molar refractivity (Wildman–Crippen MR) is 83.3 cm³/mol. The van der Waals surface area contributed by atoms with Crippen molar-refractivity contribution in [1.82, 2.24) is 0 Å². The molecule has 0 aliphatic heterocycles. The van der Waals surface area contributed by atoms with Crippen molar-refractivity contribution in [3.8, 4) is 0 Å². The lowest BCUT2D eigenvalue weighted by Gasteiger charge is -2.26. The highest BCUT2D eigenvalue weighted by Crippen LogP contribution is 2.30. The summed E-state index contributed by atoms with van der Waals surface area (Å²) in [6, 6.07) is 10.9. The third kappa shape index (κ3) is 3.28. The largest absolute Gasteiger partial charge is 0.385 e. The monoisotopic (exact) mass is 336 g/mol. The second kappa shape index (κ2) is 5.66. The minimum atomic E-state index is -1.09. The van der Waals surface area contributed by atoms with Crippen LogP contribution in [0.3, 0.4) is 0 Å². The molecule has 0 saturated carbocycles. The maximum Gasteiger partial charge on any atom is 0.127 e. The van der Waals surface area contributed by atoms with Crippen molar-refractivity contribution in [2.24, 2.45) is 0 Å². The summed E-state index contributed by atoms with van der Waals surface area (Å²) >= 11 is 3.24. The summed E-state index contributed by atoms with van der Waals surface area (Å²) in [7, 11) is 0. The molecule has 1 nitrogen and oxygen atoms in total. The third-order valence-corrected chi connectivity index (χ3v) is 4.02. The first-order valence-corrected chi connectivity index (χ1v) is 7.33. The Bertz CT molecular complexity index is 635. The van der Waals surface area contributed by atoms with Crippen LogP contribution in [0, 0.1) is 19.7 Å². The van der Waals surface area contributed by atoms with Crippen LogP contribution in [0.5, 0.6) is 0 Å². The highest BCUT2D eigenvalue weighted by molar-refractivity contribution is 9.10. The van der Waals surface area contributed by atoms with Crippen LogP contribution < -0.4 is 0 Å². The molecule has 3 heteroatoms. The van der Waals surface area contributed by atoms with E-state index < -0.39 is 5.60 Å². The smallest absolute Gasteiger partial charge is 0.127 e. The summed E-state index contributed by atoms with van der Waals surface area (Å²) in [5, 5.41) is 10.8. The van der Waals surface area contributed by atoms with Crippen LogP contribution in [0.2, 0.25) is 0 Å². The molecule has 0 radical (unpaired) electrons. The summed E-state index contributed by atoms with van der Waals surface area (Å²) in [4.78, 5) is 0. The van der Waals surface area contributed by atoms with Crippen LogP contribution in [0.1, 0.15) is 29.2 Å². The molecule has 2 aromatic carbocycles. The van der Waals surface area contributed by atoms with E-state index in [0.717, 1.165) is 16.7 Å². The number of benzene rings is 2. The SMILES string of the molecule is Cc1ccc(C)c(C(C)(O)Cc2ccc(Br)cc2F)c1. The van der Waals surface area contributed by atoms with E-state index in [-0.39, 0.29) is 12.2 Å². The predicted octanol–water partition coefficient (Wildman–Crippen LogP) is 4.66. The van der Waals surface area contributed by atoms with E-state index in [1.54, 1.807) is 19.1 Å². The van der Waals surface area contributed by atoms with Gasteiger partial charge in [0, 0.05) is 10.9 Å². The first-order chi connectivity index (χ1) is 9.29. The average molecular weight is 337 g/mol. The number of hydrogen-bond donors (Lipinski definition) is 1. The Labute approximate surface area is 127 Å². The first kappa shape index (κ1) is 15.2. The van der Waals surface area contributed by atoms with Gasteiger partial charge in [0.1, 0.15) is 5.82 Å². The van der Waals surface area contributed by atoms with Gasteiger partial charge in [0.15, 0.2) is 0 Å². The zero-order chi connectivity index (χ0) is 14.9. The zero-order valence-electron chi connectivity index (χ0n) is 11.9. The lowest BCUT2D eigenvalue weighted by molar-refractivity contribution is 0.0560. The molecular formula is C17H18BrFO. The number of rotatable bonds is 3. The van der Waals surface area contributed by atoms with Gasteiger partial charge in [-0.15, -0.1) is 0 Å². The fourth-order valence-corrected chi connectivity index (χ4v) is 2.78. The van der Waals surface area contributed by atoms with Crippen molar-refractivity contribution in [1.29, 1.82) is 0 Å². The number of halogens is 2. The summed E-state index contributed by atoms with van der Waals surface area (Å²) in [6.07, 6.45) is 0.246. The lowest BCUT2D eigenvalue weighted by atomic mass is 9.85. The van der Waals surface area contributed by atoms with Gasteiger partial charge in [0.2, 0.25) is 0 Å². The minimum absolute atomic E-state index is 0.246. The van der Waals surface area contributed by atoms with Crippen molar-refractivity contribution in [2.75, 3.05) is 0 Å². The lowest BCUT2D eigenvalue weighted by Crippen LogP contribution is -2.26. The Morgan fingerprint density at radius 2 is 1.85 bits per heavy atom. The van der Waals surface area contributed by atoms with E-state index in [9.17, 15) is 9.50 Å². The quantitative estimate of drug-likeness (QED) is 0.864. The first-order valence-electron chi connectivity index (χ1n) is 6.53. The summed E-state index contributed by atoms with van der Waals surface area (Å²) in [5.74, 6) is -0.301. The van der Waals surface area contributed by atoms with Crippen molar-refractivity contribution >= 4 is 15.9 Å². The van der Waals surface area contributed by atoms with Crippen LogP contribution in [0.15, 0.2) is 40.9 Å². The molecule has 20 heavy (non-hydrogen) atoms. The van der Waals surface area contributed by atoms with Gasteiger partial charge in [-0.3, -0.25) is 0 Å². The molecule has 1 N–H and O–H groups in total. The van der Waals surface area contributed by atoms with Gasteiger partial charge in [0.05, 0.1) is 5.60 Å². The second-order valence-corrected chi connectivity index (χ2v) is 6.42. The maximum atomic E-state index is 13.9. The van der Waals surface area contributed by atoms with Gasteiger partial charge in [-0.25, -0.2) is 4.39 Å². The van der Waals surface area contributed by atoms with Gasteiger partial charge in [-0.2, -0.15) is 0 Å². The highest BCUT2D eigenvalue weighted by atomic mass is 79.9. The number of hydrogen-bond acceptors (Lipinski definition) is 1. The Hall–Kier alpha value is -1.19. The van der Waals surface area contributed by atoms with E-state index in [1.807, 2.05) is 32.0 Å². The summed E-state index contributed by atoms with van der Waals surface area (Å²) in [6.45, 7) is 5.68. The number of aliphatic hydroxyl groups is 1. The van der Waals surface area contributed by atoms with E-state index in [4.69, 9.17) is 0 Å². The fraction of sp³-hybridized carbons (Fsp3) is 0.294. The standard InChI is InChI=1S/C17H18BrFO/c1-11-4-5-12(2)15(8-11)17(3,20)10-13-6-7-14(18)9-16(13)19/h4-9,20H,10H2,1-3H3. The van der Waals surface area contributed by atoms with Crippen molar-refractivity contribution < 1.29 is 9.50 Å². The maximum absolute atomic E-state index is 13.9.